The highest BCUT2D eigenvalue weighted by Crippen LogP contribution is 2.21. The molecule has 1 radical (unpaired) electrons. The standard InChI is InChI=1S/C7H6NO4S/c1-13(11,12)7-5-3-2-4-6(7)8(9)10/h2-3,5H,1H3. The van der Waals surface area contributed by atoms with Crippen molar-refractivity contribution < 1.29 is 13.3 Å². The van der Waals surface area contributed by atoms with E-state index in [2.05, 4.69) is 6.07 Å². The van der Waals surface area contributed by atoms with Crippen molar-refractivity contribution >= 4 is 15.5 Å². The third-order valence-corrected chi connectivity index (χ3v) is 2.51. The van der Waals surface area contributed by atoms with Gasteiger partial charge in [-0.2, -0.15) is 0 Å². The molecule has 0 amide bonds. The molecule has 0 atom stereocenters. The summed E-state index contributed by atoms with van der Waals surface area (Å²) in [4.78, 5) is 9.31. The second-order valence-corrected chi connectivity index (χ2v) is 4.40. The molecule has 1 aromatic carbocycles. The minimum atomic E-state index is -3.55. The van der Waals surface area contributed by atoms with Crippen LogP contribution in [0.2, 0.25) is 0 Å². The fraction of sp³-hybridized carbons (Fsp3) is 0.143. The van der Waals surface area contributed by atoms with E-state index in [-0.39, 0.29) is 4.90 Å². The molecular weight excluding hydrogens is 194 g/mol. The first-order chi connectivity index (χ1) is 5.93. The largest absolute Gasteiger partial charge is 0.295 e. The van der Waals surface area contributed by atoms with E-state index in [1.807, 2.05) is 0 Å². The van der Waals surface area contributed by atoms with Gasteiger partial charge in [-0.1, -0.05) is 6.07 Å². The van der Waals surface area contributed by atoms with Crippen molar-refractivity contribution in [3.63, 3.8) is 0 Å². The van der Waals surface area contributed by atoms with Gasteiger partial charge in [-0.05, 0) is 12.1 Å². The van der Waals surface area contributed by atoms with Crippen molar-refractivity contribution in [3.8, 4) is 0 Å². The molecule has 0 saturated heterocycles. The van der Waals surface area contributed by atoms with Gasteiger partial charge in [0.05, 0.1) is 11.0 Å². The number of rotatable bonds is 2. The Morgan fingerprint density at radius 1 is 1.54 bits per heavy atom. The van der Waals surface area contributed by atoms with Crippen LogP contribution < -0.4 is 0 Å². The molecule has 1 aromatic rings. The zero-order chi connectivity index (χ0) is 10.1. The molecule has 0 fully saturated rings. The first-order valence-electron chi connectivity index (χ1n) is 3.28. The second-order valence-electron chi connectivity index (χ2n) is 2.41. The number of hydrogen-bond acceptors (Lipinski definition) is 4. The van der Waals surface area contributed by atoms with E-state index in [0.717, 1.165) is 6.26 Å². The average Bonchev–Trinajstić information content (AvgIpc) is 2.03. The zero-order valence-electron chi connectivity index (χ0n) is 6.72. The van der Waals surface area contributed by atoms with Crippen LogP contribution in [0.4, 0.5) is 5.69 Å². The highest BCUT2D eigenvalue weighted by atomic mass is 32.2. The summed E-state index contributed by atoms with van der Waals surface area (Å²) in [6.45, 7) is 0. The predicted molar refractivity (Wildman–Crippen MR) is 45.0 cm³/mol. The summed E-state index contributed by atoms with van der Waals surface area (Å²) in [5.41, 5.74) is -0.509. The molecule has 0 aromatic heterocycles. The van der Waals surface area contributed by atoms with Crippen LogP contribution in [-0.4, -0.2) is 19.6 Å². The zero-order valence-corrected chi connectivity index (χ0v) is 7.54. The summed E-state index contributed by atoms with van der Waals surface area (Å²) in [6, 6.07) is 6.14. The summed E-state index contributed by atoms with van der Waals surface area (Å²) in [6.07, 6.45) is 0.920. The van der Waals surface area contributed by atoms with Crippen LogP contribution in [0.25, 0.3) is 0 Å². The topological polar surface area (TPSA) is 77.3 Å². The lowest BCUT2D eigenvalue weighted by Gasteiger charge is -1.97. The van der Waals surface area contributed by atoms with Gasteiger partial charge in [-0.3, -0.25) is 10.1 Å². The maximum Gasteiger partial charge on any atom is 0.295 e. The molecule has 0 bridgehead atoms. The summed E-state index contributed by atoms with van der Waals surface area (Å²) >= 11 is 0. The van der Waals surface area contributed by atoms with Crippen molar-refractivity contribution in [1.29, 1.82) is 0 Å². The Labute approximate surface area is 75.1 Å². The summed E-state index contributed by atoms with van der Waals surface area (Å²) in [7, 11) is -3.55. The summed E-state index contributed by atoms with van der Waals surface area (Å²) < 4.78 is 22.1. The molecule has 6 heteroatoms. The SMILES string of the molecule is CS(=O)(=O)c1ccc[c]c1[N+](=O)[O-]. The van der Waals surface area contributed by atoms with Crippen LogP contribution in [0, 0.1) is 16.2 Å². The maximum absolute atomic E-state index is 11.0. The average molecular weight is 200 g/mol. The predicted octanol–water partition coefficient (Wildman–Crippen LogP) is 0.798. The van der Waals surface area contributed by atoms with E-state index in [4.69, 9.17) is 0 Å². The number of nitro groups is 1. The van der Waals surface area contributed by atoms with Gasteiger partial charge in [0.15, 0.2) is 9.84 Å². The number of benzene rings is 1. The molecule has 0 heterocycles. The van der Waals surface area contributed by atoms with Crippen LogP contribution in [0.3, 0.4) is 0 Å². The van der Waals surface area contributed by atoms with Crippen LogP contribution in [-0.2, 0) is 9.84 Å². The molecule has 0 saturated carbocycles. The van der Waals surface area contributed by atoms with Gasteiger partial charge in [-0.15, -0.1) is 0 Å². The van der Waals surface area contributed by atoms with Crippen molar-refractivity contribution in [2.75, 3.05) is 6.26 Å². The van der Waals surface area contributed by atoms with E-state index < -0.39 is 20.4 Å². The lowest BCUT2D eigenvalue weighted by Crippen LogP contribution is -2.02. The second kappa shape index (κ2) is 3.14. The third-order valence-electron chi connectivity index (χ3n) is 1.38. The molecule has 0 unspecified atom stereocenters. The molecule has 0 aliphatic carbocycles. The molecule has 0 spiro atoms. The number of hydrogen-bond donors (Lipinski definition) is 0. The molecule has 5 nitrogen and oxygen atoms in total. The number of nitrogens with zero attached hydrogens (tertiary/aromatic N) is 1. The van der Waals surface area contributed by atoms with Gasteiger partial charge in [0.1, 0.15) is 4.90 Å². The van der Waals surface area contributed by atoms with E-state index in [9.17, 15) is 18.5 Å². The highest BCUT2D eigenvalue weighted by Gasteiger charge is 2.20. The van der Waals surface area contributed by atoms with Crippen LogP contribution in [0.5, 0.6) is 0 Å². The van der Waals surface area contributed by atoms with Crippen molar-refractivity contribution in [2.45, 2.75) is 4.90 Å². The first-order valence-corrected chi connectivity index (χ1v) is 5.17. The normalized spacial score (nSPS) is 11.2. The Bertz CT molecular complexity index is 438. The smallest absolute Gasteiger partial charge is 0.258 e. The molecule has 0 N–H and O–H groups in total. The van der Waals surface area contributed by atoms with Crippen LogP contribution in [0.1, 0.15) is 0 Å². The van der Waals surface area contributed by atoms with E-state index in [1.165, 1.54) is 18.2 Å². The van der Waals surface area contributed by atoms with Gasteiger partial charge < -0.3 is 0 Å². The lowest BCUT2D eigenvalue weighted by atomic mass is 10.3. The quantitative estimate of drug-likeness (QED) is 0.522. The maximum atomic E-state index is 11.0. The van der Waals surface area contributed by atoms with Gasteiger partial charge in [0.25, 0.3) is 5.69 Å². The number of nitro benzene ring substituents is 1. The van der Waals surface area contributed by atoms with Gasteiger partial charge in [0, 0.05) is 6.26 Å². The minimum absolute atomic E-state index is 0.306. The van der Waals surface area contributed by atoms with E-state index >= 15 is 0 Å². The molecule has 0 aliphatic rings. The first kappa shape index (κ1) is 9.66. The van der Waals surface area contributed by atoms with Gasteiger partial charge in [-0.25, -0.2) is 8.42 Å². The fourth-order valence-electron chi connectivity index (χ4n) is 0.855. The molecule has 0 aliphatic heterocycles. The lowest BCUT2D eigenvalue weighted by molar-refractivity contribution is -0.388. The van der Waals surface area contributed by atoms with Crippen LogP contribution in [0.15, 0.2) is 23.1 Å². The Hall–Kier alpha value is -1.43. The van der Waals surface area contributed by atoms with Crippen molar-refractivity contribution in [3.05, 3.63) is 34.4 Å². The van der Waals surface area contributed by atoms with E-state index in [0.29, 0.717) is 0 Å². The minimum Gasteiger partial charge on any atom is -0.258 e. The molecule has 69 valence electrons. The molecular formula is C7H6NO4S. The molecule has 1 rings (SSSR count). The Kier molecular flexibility index (Phi) is 2.33. The van der Waals surface area contributed by atoms with E-state index in [1.54, 1.807) is 0 Å². The fourth-order valence-corrected chi connectivity index (χ4v) is 1.66. The third kappa shape index (κ3) is 2.03. The van der Waals surface area contributed by atoms with Crippen molar-refractivity contribution in [2.24, 2.45) is 0 Å². The number of sulfone groups is 1. The number of para-hydroxylation sites is 1. The molecule has 13 heavy (non-hydrogen) atoms. The monoisotopic (exact) mass is 200 g/mol. The van der Waals surface area contributed by atoms with Crippen LogP contribution >= 0.6 is 0 Å². The van der Waals surface area contributed by atoms with Gasteiger partial charge >= 0.3 is 0 Å². The summed E-state index contributed by atoms with van der Waals surface area (Å²) in [5, 5.41) is 10.4. The Morgan fingerprint density at radius 2 is 2.15 bits per heavy atom. The van der Waals surface area contributed by atoms with Crippen molar-refractivity contribution in [1.82, 2.24) is 0 Å². The highest BCUT2D eigenvalue weighted by molar-refractivity contribution is 7.90. The summed E-state index contributed by atoms with van der Waals surface area (Å²) in [5.74, 6) is 0. The Morgan fingerprint density at radius 3 is 2.54 bits per heavy atom. The van der Waals surface area contributed by atoms with Gasteiger partial charge in [0.2, 0.25) is 0 Å². The Balaban J connectivity index is 3.46.